The Morgan fingerprint density at radius 3 is 0.966 bits per heavy atom. The van der Waals surface area contributed by atoms with Gasteiger partial charge in [0.2, 0.25) is 0 Å². The van der Waals surface area contributed by atoms with Crippen LogP contribution < -0.4 is 0 Å². The van der Waals surface area contributed by atoms with Crippen LogP contribution >= 0.6 is 0 Å². The van der Waals surface area contributed by atoms with Crippen LogP contribution in [0.2, 0.25) is 0 Å². The molecule has 0 aromatic heterocycles. The third-order valence-corrected chi connectivity index (χ3v) is 12.3. The highest BCUT2D eigenvalue weighted by Crippen LogP contribution is 2.18. The summed E-state index contributed by atoms with van der Waals surface area (Å²) in [5.41, 5.74) is 0. The van der Waals surface area contributed by atoms with Gasteiger partial charge in [-0.05, 0) is 31.1 Å². The molecule has 6 nitrogen and oxygen atoms in total. The highest BCUT2D eigenvalue weighted by atomic mass is 16.6. The number of ether oxygens (including phenoxy) is 3. The van der Waals surface area contributed by atoms with E-state index in [2.05, 4.69) is 34.6 Å². The molecule has 1 unspecified atom stereocenters. The Morgan fingerprint density at radius 2 is 0.644 bits per heavy atom. The number of hydrogen-bond donors (Lipinski definition) is 0. The monoisotopic (exact) mass is 835 g/mol. The van der Waals surface area contributed by atoms with Gasteiger partial charge in [0, 0.05) is 19.3 Å². The lowest BCUT2D eigenvalue weighted by atomic mass is 9.99. The van der Waals surface area contributed by atoms with E-state index in [1.54, 1.807) is 0 Å². The molecule has 0 N–H and O–H groups in total. The lowest BCUT2D eigenvalue weighted by Gasteiger charge is -2.18. The SMILES string of the molecule is CCCCCCCC(=O)OC[C@@H](COC(=O)CCCCCCCCCCCCCCCCC(C)CC)OC(=O)CCCCCCCCCCCCCCCCCC(C)C. The van der Waals surface area contributed by atoms with E-state index in [4.69, 9.17) is 14.2 Å². The second-order valence-corrected chi connectivity index (χ2v) is 18.9. The normalized spacial score (nSPS) is 12.5. The fourth-order valence-electron chi connectivity index (χ4n) is 7.96. The first-order valence-corrected chi connectivity index (χ1v) is 26.3. The summed E-state index contributed by atoms with van der Waals surface area (Å²) in [5, 5.41) is 0. The van der Waals surface area contributed by atoms with Crippen LogP contribution in [0.1, 0.15) is 291 Å². The van der Waals surface area contributed by atoms with Crippen molar-refractivity contribution in [2.24, 2.45) is 11.8 Å². The highest BCUT2D eigenvalue weighted by Gasteiger charge is 2.19. The lowest BCUT2D eigenvalue weighted by molar-refractivity contribution is -0.167. The first-order valence-electron chi connectivity index (χ1n) is 26.3. The summed E-state index contributed by atoms with van der Waals surface area (Å²) in [5.74, 6) is 0.883. The summed E-state index contributed by atoms with van der Waals surface area (Å²) in [6.45, 7) is 11.4. The average molecular weight is 835 g/mol. The molecule has 0 aliphatic heterocycles. The molecule has 2 atom stereocenters. The molecule has 0 fully saturated rings. The van der Waals surface area contributed by atoms with Gasteiger partial charge in [-0.15, -0.1) is 0 Å². The van der Waals surface area contributed by atoms with Crippen molar-refractivity contribution < 1.29 is 28.6 Å². The van der Waals surface area contributed by atoms with E-state index in [1.165, 1.54) is 173 Å². The molecule has 0 spiro atoms. The molecule has 59 heavy (non-hydrogen) atoms. The van der Waals surface area contributed by atoms with E-state index in [1.807, 2.05) is 0 Å². The molecule has 0 saturated carbocycles. The number of carbonyl (C=O) groups excluding carboxylic acids is 3. The zero-order chi connectivity index (χ0) is 43.3. The van der Waals surface area contributed by atoms with Crippen LogP contribution in [-0.2, 0) is 28.6 Å². The molecular weight excluding hydrogens is 733 g/mol. The van der Waals surface area contributed by atoms with Crippen molar-refractivity contribution in [1.82, 2.24) is 0 Å². The van der Waals surface area contributed by atoms with E-state index < -0.39 is 6.10 Å². The Hall–Kier alpha value is -1.59. The molecule has 0 aliphatic rings. The summed E-state index contributed by atoms with van der Waals surface area (Å²) in [4.78, 5) is 37.7. The van der Waals surface area contributed by atoms with Crippen molar-refractivity contribution in [3.63, 3.8) is 0 Å². The number of hydrogen-bond acceptors (Lipinski definition) is 6. The van der Waals surface area contributed by atoms with E-state index in [9.17, 15) is 14.4 Å². The topological polar surface area (TPSA) is 78.9 Å². The molecule has 0 bridgehead atoms. The molecule has 0 aromatic carbocycles. The Bertz CT molecular complexity index is 902. The van der Waals surface area contributed by atoms with Crippen LogP contribution in [0.25, 0.3) is 0 Å². The van der Waals surface area contributed by atoms with Crippen molar-refractivity contribution in [1.29, 1.82) is 0 Å². The molecule has 0 heterocycles. The molecular formula is C53H102O6. The lowest BCUT2D eigenvalue weighted by Crippen LogP contribution is -2.30. The Labute approximate surface area is 368 Å². The summed E-state index contributed by atoms with van der Waals surface area (Å²) < 4.78 is 16.7. The van der Waals surface area contributed by atoms with Crippen molar-refractivity contribution in [3.05, 3.63) is 0 Å². The van der Waals surface area contributed by atoms with Gasteiger partial charge in [0.15, 0.2) is 6.10 Å². The van der Waals surface area contributed by atoms with Gasteiger partial charge in [-0.1, -0.05) is 253 Å². The van der Waals surface area contributed by atoms with Gasteiger partial charge in [0.1, 0.15) is 13.2 Å². The van der Waals surface area contributed by atoms with E-state index in [-0.39, 0.29) is 31.1 Å². The molecule has 0 rings (SSSR count). The van der Waals surface area contributed by atoms with Crippen molar-refractivity contribution >= 4 is 17.9 Å². The largest absolute Gasteiger partial charge is 0.462 e. The number of carbonyl (C=O) groups is 3. The first-order chi connectivity index (χ1) is 28.8. The summed E-state index contributed by atoms with van der Waals surface area (Å²) >= 11 is 0. The molecule has 0 radical (unpaired) electrons. The van der Waals surface area contributed by atoms with Crippen molar-refractivity contribution in [3.8, 4) is 0 Å². The van der Waals surface area contributed by atoms with Crippen molar-refractivity contribution in [2.45, 2.75) is 298 Å². The van der Waals surface area contributed by atoms with Gasteiger partial charge in [-0.3, -0.25) is 14.4 Å². The second kappa shape index (κ2) is 45.9. The molecule has 0 amide bonds. The standard InChI is InChI=1S/C53H102O6/c1-6-8-9-31-38-43-51(54)57-46-50(59-53(56)45-40-35-30-26-22-18-12-10-11-15-19-23-27-32-36-41-48(3)4)47-58-52(55)44-39-34-29-25-21-17-14-13-16-20-24-28-33-37-42-49(5)7-2/h48-50H,6-47H2,1-5H3/t49?,50-/m0/s1. The predicted octanol–water partition coefficient (Wildman–Crippen LogP) is 16.9. The fourth-order valence-corrected chi connectivity index (χ4v) is 7.96. The molecule has 0 aromatic rings. The van der Waals surface area contributed by atoms with Crippen LogP contribution in [0.5, 0.6) is 0 Å². The van der Waals surface area contributed by atoms with Gasteiger partial charge in [0.05, 0.1) is 0 Å². The molecule has 0 saturated heterocycles. The van der Waals surface area contributed by atoms with E-state index in [0.717, 1.165) is 76.0 Å². The van der Waals surface area contributed by atoms with Crippen LogP contribution in [0.3, 0.4) is 0 Å². The first kappa shape index (κ1) is 57.4. The van der Waals surface area contributed by atoms with Crippen LogP contribution in [0.15, 0.2) is 0 Å². The van der Waals surface area contributed by atoms with Gasteiger partial charge < -0.3 is 14.2 Å². The summed E-state index contributed by atoms with van der Waals surface area (Å²) in [6, 6.07) is 0. The smallest absolute Gasteiger partial charge is 0.306 e. The Balaban J connectivity index is 4.10. The maximum Gasteiger partial charge on any atom is 0.306 e. The predicted molar refractivity (Wildman–Crippen MR) is 252 cm³/mol. The van der Waals surface area contributed by atoms with Crippen molar-refractivity contribution in [2.75, 3.05) is 13.2 Å². The maximum absolute atomic E-state index is 12.7. The zero-order valence-corrected chi connectivity index (χ0v) is 40.4. The van der Waals surface area contributed by atoms with E-state index in [0.29, 0.717) is 19.3 Å². The molecule has 350 valence electrons. The summed E-state index contributed by atoms with van der Waals surface area (Å²) in [6.07, 6.45) is 46.9. The summed E-state index contributed by atoms with van der Waals surface area (Å²) in [7, 11) is 0. The Kier molecular flexibility index (Phi) is 44.7. The zero-order valence-electron chi connectivity index (χ0n) is 40.4. The minimum atomic E-state index is -0.760. The third-order valence-electron chi connectivity index (χ3n) is 12.3. The number of unbranched alkanes of at least 4 members (excludes halogenated alkanes) is 31. The Morgan fingerprint density at radius 1 is 0.356 bits per heavy atom. The molecule has 6 heteroatoms. The van der Waals surface area contributed by atoms with Crippen LogP contribution in [-0.4, -0.2) is 37.2 Å². The molecule has 0 aliphatic carbocycles. The highest BCUT2D eigenvalue weighted by molar-refractivity contribution is 5.71. The minimum Gasteiger partial charge on any atom is -0.462 e. The third kappa shape index (κ3) is 45.8. The van der Waals surface area contributed by atoms with Crippen LogP contribution in [0, 0.1) is 11.8 Å². The van der Waals surface area contributed by atoms with Gasteiger partial charge >= 0.3 is 17.9 Å². The maximum atomic E-state index is 12.7. The number of rotatable bonds is 47. The average Bonchev–Trinajstić information content (AvgIpc) is 3.22. The van der Waals surface area contributed by atoms with Gasteiger partial charge in [0.25, 0.3) is 0 Å². The van der Waals surface area contributed by atoms with E-state index >= 15 is 0 Å². The quantitative estimate of drug-likeness (QED) is 0.0345. The fraction of sp³-hybridized carbons (Fsp3) is 0.943. The second-order valence-electron chi connectivity index (χ2n) is 18.9. The minimum absolute atomic E-state index is 0.0645. The van der Waals surface area contributed by atoms with Gasteiger partial charge in [-0.25, -0.2) is 0 Å². The van der Waals surface area contributed by atoms with Gasteiger partial charge in [-0.2, -0.15) is 0 Å². The van der Waals surface area contributed by atoms with Crippen LogP contribution in [0.4, 0.5) is 0 Å². The number of esters is 3.